The molecule has 1 aliphatic rings. The molecule has 2 rings (SSSR count). The fourth-order valence-electron chi connectivity index (χ4n) is 2.57. The van der Waals surface area contributed by atoms with Crippen molar-refractivity contribution >= 4 is 5.69 Å². The molecule has 1 aliphatic heterocycles. The summed E-state index contributed by atoms with van der Waals surface area (Å²) in [5.41, 5.74) is 4.06. The number of fused-ring (bicyclic) bond motifs is 1. The van der Waals surface area contributed by atoms with Crippen LogP contribution in [-0.4, -0.2) is 13.7 Å². The monoisotopic (exact) mass is 219 g/mol. The van der Waals surface area contributed by atoms with Crippen LogP contribution in [-0.2, 0) is 17.8 Å². The topological polar surface area (TPSA) is 21.3 Å². The van der Waals surface area contributed by atoms with Crippen LogP contribution in [0.4, 0.5) is 5.69 Å². The van der Waals surface area contributed by atoms with Crippen LogP contribution < -0.4 is 5.32 Å². The SMILES string of the molecule is CCCC1CNc2c(COC)cccc2C1. The Balaban J connectivity index is 2.17. The second kappa shape index (κ2) is 5.35. The highest BCUT2D eigenvalue weighted by molar-refractivity contribution is 5.59. The summed E-state index contributed by atoms with van der Waals surface area (Å²) in [5, 5.41) is 3.57. The second-order valence-electron chi connectivity index (χ2n) is 4.62. The Hall–Kier alpha value is -1.02. The zero-order valence-electron chi connectivity index (χ0n) is 10.3. The van der Waals surface area contributed by atoms with Gasteiger partial charge in [-0.05, 0) is 24.3 Å². The molecule has 1 aromatic rings. The van der Waals surface area contributed by atoms with Crippen LogP contribution >= 0.6 is 0 Å². The molecule has 0 radical (unpaired) electrons. The zero-order chi connectivity index (χ0) is 11.4. The molecule has 0 bridgehead atoms. The number of methoxy groups -OCH3 is 1. The molecule has 0 aromatic heterocycles. The van der Waals surface area contributed by atoms with Crippen molar-refractivity contribution in [2.24, 2.45) is 5.92 Å². The number of anilines is 1. The van der Waals surface area contributed by atoms with E-state index in [0.29, 0.717) is 6.61 Å². The molecule has 0 saturated heterocycles. The molecule has 0 amide bonds. The Labute approximate surface area is 98.0 Å². The smallest absolute Gasteiger partial charge is 0.0733 e. The highest BCUT2D eigenvalue weighted by Crippen LogP contribution is 2.30. The maximum absolute atomic E-state index is 5.23. The first-order valence-corrected chi connectivity index (χ1v) is 6.18. The maximum atomic E-state index is 5.23. The van der Waals surface area contributed by atoms with Crippen LogP contribution in [0.2, 0.25) is 0 Å². The predicted molar refractivity (Wildman–Crippen MR) is 67.7 cm³/mol. The van der Waals surface area contributed by atoms with Crippen LogP contribution in [0, 0.1) is 5.92 Å². The van der Waals surface area contributed by atoms with Gasteiger partial charge in [0.15, 0.2) is 0 Å². The van der Waals surface area contributed by atoms with Gasteiger partial charge in [-0.2, -0.15) is 0 Å². The van der Waals surface area contributed by atoms with E-state index in [1.54, 1.807) is 7.11 Å². The number of hydrogen-bond donors (Lipinski definition) is 1. The predicted octanol–water partition coefficient (Wildman–Crippen LogP) is 3.22. The fraction of sp³-hybridized carbons (Fsp3) is 0.571. The van der Waals surface area contributed by atoms with E-state index in [1.165, 1.54) is 36.1 Å². The Morgan fingerprint density at radius 3 is 3.06 bits per heavy atom. The van der Waals surface area contributed by atoms with Crippen molar-refractivity contribution in [2.75, 3.05) is 19.0 Å². The summed E-state index contributed by atoms with van der Waals surface area (Å²) < 4.78 is 5.23. The van der Waals surface area contributed by atoms with Gasteiger partial charge in [-0.1, -0.05) is 31.5 Å². The van der Waals surface area contributed by atoms with Gasteiger partial charge in [0.05, 0.1) is 6.61 Å². The van der Waals surface area contributed by atoms with Crippen LogP contribution in [0.15, 0.2) is 18.2 Å². The van der Waals surface area contributed by atoms with Gasteiger partial charge >= 0.3 is 0 Å². The van der Waals surface area contributed by atoms with Crippen molar-refractivity contribution in [1.82, 2.24) is 0 Å². The first kappa shape index (κ1) is 11.5. The molecule has 1 aromatic carbocycles. The summed E-state index contributed by atoms with van der Waals surface area (Å²) >= 11 is 0. The summed E-state index contributed by atoms with van der Waals surface area (Å²) in [6.45, 7) is 4.08. The van der Waals surface area contributed by atoms with Gasteiger partial charge in [-0.3, -0.25) is 0 Å². The van der Waals surface area contributed by atoms with Crippen LogP contribution in [0.5, 0.6) is 0 Å². The lowest BCUT2D eigenvalue weighted by molar-refractivity contribution is 0.185. The van der Waals surface area contributed by atoms with Crippen molar-refractivity contribution < 1.29 is 4.74 Å². The zero-order valence-corrected chi connectivity index (χ0v) is 10.3. The lowest BCUT2D eigenvalue weighted by Gasteiger charge is -2.27. The Kier molecular flexibility index (Phi) is 3.83. The Bertz CT molecular complexity index is 349. The molecule has 88 valence electrons. The number of hydrogen-bond acceptors (Lipinski definition) is 2. The van der Waals surface area contributed by atoms with Crippen LogP contribution in [0.3, 0.4) is 0 Å². The van der Waals surface area contributed by atoms with E-state index in [2.05, 4.69) is 30.4 Å². The number of rotatable bonds is 4. The summed E-state index contributed by atoms with van der Waals surface area (Å²) in [7, 11) is 1.75. The summed E-state index contributed by atoms with van der Waals surface area (Å²) in [6.07, 6.45) is 3.81. The highest BCUT2D eigenvalue weighted by atomic mass is 16.5. The van der Waals surface area contributed by atoms with Crippen molar-refractivity contribution in [3.8, 4) is 0 Å². The van der Waals surface area contributed by atoms with E-state index in [0.717, 1.165) is 12.5 Å². The minimum atomic E-state index is 0.703. The van der Waals surface area contributed by atoms with Crippen molar-refractivity contribution in [3.05, 3.63) is 29.3 Å². The minimum Gasteiger partial charge on any atom is -0.384 e. The molecule has 1 N–H and O–H groups in total. The van der Waals surface area contributed by atoms with Crippen molar-refractivity contribution in [2.45, 2.75) is 32.8 Å². The Morgan fingerprint density at radius 2 is 2.31 bits per heavy atom. The maximum Gasteiger partial charge on any atom is 0.0733 e. The molecule has 1 atom stereocenters. The molecule has 0 fully saturated rings. The van der Waals surface area contributed by atoms with Gasteiger partial charge in [0, 0.05) is 24.9 Å². The molecule has 0 saturated carbocycles. The van der Waals surface area contributed by atoms with Gasteiger partial charge in [-0.15, -0.1) is 0 Å². The lowest BCUT2D eigenvalue weighted by atomic mass is 9.89. The molecule has 0 aliphatic carbocycles. The summed E-state index contributed by atoms with van der Waals surface area (Å²) in [5.74, 6) is 0.801. The molecular weight excluding hydrogens is 198 g/mol. The molecule has 2 nitrogen and oxygen atoms in total. The van der Waals surface area contributed by atoms with Gasteiger partial charge in [0.1, 0.15) is 0 Å². The number of para-hydroxylation sites is 1. The van der Waals surface area contributed by atoms with Crippen molar-refractivity contribution in [1.29, 1.82) is 0 Å². The van der Waals surface area contributed by atoms with Gasteiger partial charge in [0.2, 0.25) is 0 Å². The second-order valence-corrected chi connectivity index (χ2v) is 4.62. The van der Waals surface area contributed by atoms with E-state index < -0.39 is 0 Å². The number of ether oxygens (including phenoxy) is 1. The molecule has 1 heterocycles. The van der Waals surface area contributed by atoms with Crippen LogP contribution in [0.25, 0.3) is 0 Å². The van der Waals surface area contributed by atoms with E-state index in [1.807, 2.05) is 0 Å². The quantitative estimate of drug-likeness (QED) is 0.839. The summed E-state index contributed by atoms with van der Waals surface area (Å²) in [6, 6.07) is 6.53. The molecular formula is C14H21NO. The minimum absolute atomic E-state index is 0.703. The average molecular weight is 219 g/mol. The van der Waals surface area contributed by atoms with E-state index in [4.69, 9.17) is 4.74 Å². The van der Waals surface area contributed by atoms with Crippen molar-refractivity contribution in [3.63, 3.8) is 0 Å². The third-order valence-corrected chi connectivity index (χ3v) is 3.31. The highest BCUT2D eigenvalue weighted by Gasteiger charge is 2.19. The van der Waals surface area contributed by atoms with E-state index in [-0.39, 0.29) is 0 Å². The average Bonchev–Trinajstić information content (AvgIpc) is 2.30. The fourth-order valence-corrected chi connectivity index (χ4v) is 2.57. The van der Waals surface area contributed by atoms with Gasteiger partial charge in [-0.25, -0.2) is 0 Å². The lowest BCUT2D eigenvalue weighted by Crippen LogP contribution is -2.24. The van der Waals surface area contributed by atoms with Gasteiger partial charge in [0.25, 0.3) is 0 Å². The Morgan fingerprint density at radius 1 is 1.44 bits per heavy atom. The third kappa shape index (κ3) is 2.38. The van der Waals surface area contributed by atoms with E-state index >= 15 is 0 Å². The summed E-state index contributed by atoms with van der Waals surface area (Å²) in [4.78, 5) is 0. The largest absolute Gasteiger partial charge is 0.384 e. The first-order chi connectivity index (χ1) is 7.85. The number of benzene rings is 1. The molecule has 16 heavy (non-hydrogen) atoms. The molecule has 1 unspecified atom stereocenters. The standard InChI is InChI=1S/C14H21NO/c1-3-5-11-8-12-6-4-7-13(10-16-2)14(12)15-9-11/h4,6-7,11,15H,3,5,8-10H2,1-2H3. The van der Waals surface area contributed by atoms with Gasteiger partial charge < -0.3 is 10.1 Å². The molecule has 2 heteroatoms. The number of nitrogens with one attached hydrogen (secondary N) is 1. The third-order valence-electron chi connectivity index (χ3n) is 3.31. The van der Waals surface area contributed by atoms with Crippen LogP contribution in [0.1, 0.15) is 30.9 Å². The molecule has 0 spiro atoms. The van der Waals surface area contributed by atoms with E-state index in [9.17, 15) is 0 Å². The first-order valence-electron chi connectivity index (χ1n) is 6.18. The normalized spacial score (nSPS) is 19.0.